The zero-order chi connectivity index (χ0) is 9.59. The Bertz CT molecular complexity index is 382. The monoisotopic (exact) mass is 238 g/mol. The maximum atomic E-state index is 11.7. The number of aryl methyl sites for hydroxylation is 1. The molecule has 1 aliphatic rings. The zero-order valence-electron chi connectivity index (χ0n) is 7.73. The summed E-state index contributed by atoms with van der Waals surface area (Å²) in [5, 5.41) is 0. The van der Waals surface area contributed by atoms with E-state index in [1.165, 1.54) is 5.56 Å². The average Bonchev–Trinajstić information content (AvgIpc) is 2.27. The largest absolute Gasteiger partial charge is 0.294 e. The van der Waals surface area contributed by atoms with Crippen molar-refractivity contribution < 1.29 is 4.79 Å². The first-order valence-corrected chi connectivity index (χ1v) is 5.22. The molecule has 2 rings (SSSR count). The van der Waals surface area contributed by atoms with Crippen LogP contribution in [0.15, 0.2) is 16.6 Å². The van der Waals surface area contributed by atoms with Crippen molar-refractivity contribution in [2.45, 2.75) is 20.3 Å². The molecule has 0 heterocycles. The molecule has 1 nitrogen and oxygen atoms in total. The molecule has 0 fully saturated rings. The van der Waals surface area contributed by atoms with Crippen LogP contribution in [0, 0.1) is 12.8 Å². The highest BCUT2D eigenvalue weighted by Gasteiger charge is 2.28. The number of hydrogen-bond donors (Lipinski definition) is 0. The SMILES string of the molecule is Cc1cc(Br)cc2c1C(=O)C(C)C2. The summed E-state index contributed by atoms with van der Waals surface area (Å²) in [6.07, 6.45) is 0.897. The van der Waals surface area contributed by atoms with Gasteiger partial charge in [0.15, 0.2) is 5.78 Å². The lowest BCUT2D eigenvalue weighted by Gasteiger charge is -2.02. The highest BCUT2D eigenvalue weighted by Crippen LogP contribution is 2.31. The molecule has 1 unspecified atom stereocenters. The van der Waals surface area contributed by atoms with Gasteiger partial charge in [0.2, 0.25) is 0 Å². The summed E-state index contributed by atoms with van der Waals surface area (Å²) in [5.74, 6) is 0.475. The van der Waals surface area contributed by atoms with Crippen molar-refractivity contribution in [1.82, 2.24) is 0 Å². The molecule has 0 amide bonds. The van der Waals surface area contributed by atoms with Crippen LogP contribution in [0.4, 0.5) is 0 Å². The van der Waals surface area contributed by atoms with Gasteiger partial charge in [0.05, 0.1) is 0 Å². The van der Waals surface area contributed by atoms with Crippen molar-refractivity contribution in [3.8, 4) is 0 Å². The minimum absolute atomic E-state index is 0.169. The number of rotatable bonds is 0. The van der Waals surface area contributed by atoms with Gasteiger partial charge in [0.25, 0.3) is 0 Å². The lowest BCUT2D eigenvalue weighted by Crippen LogP contribution is -2.04. The second-order valence-corrected chi connectivity index (χ2v) is 4.64. The minimum atomic E-state index is 0.169. The van der Waals surface area contributed by atoms with Gasteiger partial charge in [-0.2, -0.15) is 0 Å². The van der Waals surface area contributed by atoms with Crippen LogP contribution in [0.3, 0.4) is 0 Å². The van der Waals surface area contributed by atoms with Crippen LogP contribution in [0.1, 0.15) is 28.4 Å². The highest BCUT2D eigenvalue weighted by atomic mass is 79.9. The van der Waals surface area contributed by atoms with Gasteiger partial charge in [0.1, 0.15) is 0 Å². The van der Waals surface area contributed by atoms with Gasteiger partial charge in [-0.3, -0.25) is 4.79 Å². The van der Waals surface area contributed by atoms with E-state index >= 15 is 0 Å². The van der Waals surface area contributed by atoms with Crippen molar-refractivity contribution in [1.29, 1.82) is 0 Å². The second-order valence-electron chi connectivity index (χ2n) is 3.73. The van der Waals surface area contributed by atoms with Crippen molar-refractivity contribution >= 4 is 21.7 Å². The highest BCUT2D eigenvalue weighted by molar-refractivity contribution is 9.10. The summed E-state index contributed by atoms with van der Waals surface area (Å²) < 4.78 is 1.07. The Balaban J connectivity index is 2.64. The predicted molar refractivity (Wildman–Crippen MR) is 56.1 cm³/mol. The van der Waals surface area contributed by atoms with Crippen LogP contribution < -0.4 is 0 Å². The van der Waals surface area contributed by atoms with Gasteiger partial charge in [-0.15, -0.1) is 0 Å². The molecule has 1 aliphatic carbocycles. The molecule has 0 saturated carbocycles. The Morgan fingerprint density at radius 1 is 1.46 bits per heavy atom. The molecule has 0 radical (unpaired) electrons. The Morgan fingerprint density at radius 3 is 2.85 bits per heavy atom. The van der Waals surface area contributed by atoms with Crippen LogP contribution >= 0.6 is 15.9 Å². The lowest BCUT2D eigenvalue weighted by molar-refractivity contribution is 0.0946. The van der Waals surface area contributed by atoms with Crippen molar-refractivity contribution in [3.63, 3.8) is 0 Å². The first kappa shape index (κ1) is 8.95. The van der Waals surface area contributed by atoms with E-state index in [9.17, 15) is 4.79 Å². The number of fused-ring (bicyclic) bond motifs is 1. The smallest absolute Gasteiger partial charge is 0.166 e. The third kappa shape index (κ3) is 1.33. The standard InChI is InChI=1S/C11H11BrO/c1-6-4-9(12)5-8-3-7(2)11(13)10(6)8/h4-5,7H,3H2,1-2H3. The third-order valence-corrected chi connectivity index (χ3v) is 3.06. The maximum absolute atomic E-state index is 11.7. The molecule has 0 bridgehead atoms. The number of carbonyl (C=O) groups excluding carboxylic acids is 1. The maximum Gasteiger partial charge on any atom is 0.166 e. The number of ketones is 1. The van der Waals surface area contributed by atoms with Gasteiger partial charge < -0.3 is 0 Å². The van der Waals surface area contributed by atoms with Crippen LogP contribution in [0.25, 0.3) is 0 Å². The van der Waals surface area contributed by atoms with E-state index in [4.69, 9.17) is 0 Å². The van der Waals surface area contributed by atoms with Crippen LogP contribution in [-0.2, 0) is 6.42 Å². The molecule has 2 heteroatoms. The Labute approximate surface area is 86.3 Å². The number of halogens is 1. The number of hydrogen-bond acceptors (Lipinski definition) is 1. The molecule has 1 aromatic rings. The van der Waals surface area contributed by atoms with Crippen LogP contribution in [0.5, 0.6) is 0 Å². The Hall–Kier alpha value is -0.630. The topological polar surface area (TPSA) is 17.1 Å². The molecular weight excluding hydrogens is 228 g/mol. The van der Waals surface area contributed by atoms with Gasteiger partial charge in [-0.1, -0.05) is 22.9 Å². The minimum Gasteiger partial charge on any atom is -0.294 e. The van der Waals surface area contributed by atoms with E-state index in [-0.39, 0.29) is 5.92 Å². The third-order valence-electron chi connectivity index (χ3n) is 2.60. The van der Waals surface area contributed by atoms with Crippen LogP contribution in [0.2, 0.25) is 0 Å². The molecule has 0 aromatic heterocycles. The molecule has 1 aromatic carbocycles. The van der Waals surface area contributed by atoms with E-state index in [1.807, 2.05) is 19.9 Å². The van der Waals surface area contributed by atoms with Crippen molar-refractivity contribution in [2.24, 2.45) is 5.92 Å². The molecule has 1 atom stereocenters. The summed E-state index contributed by atoms with van der Waals surface area (Å²) in [6.45, 7) is 4.00. The summed E-state index contributed by atoms with van der Waals surface area (Å²) in [4.78, 5) is 11.7. The fourth-order valence-electron chi connectivity index (χ4n) is 2.00. The average molecular weight is 239 g/mol. The number of Topliss-reactive ketones (excluding diaryl/α,β-unsaturated/α-hetero) is 1. The summed E-state index contributed by atoms with van der Waals surface area (Å²) in [6, 6.07) is 4.07. The van der Waals surface area contributed by atoms with Gasteiger partial charge in [-0.05, 0) is 36.6 Å². The van der Waals surface area contributed by atoms with E-state index in [0.717, 1.165) is 22.0 Å². The second kappa shape index (κ2) is 2.95. The quantitative estimate of drug-likeness (QED) is 0.679. The predicted octanol–water partition coefficient (Wildman–Crippen LogP) is 3.13. The van der Waals surface area contributed by atoms with Crippen molar-refractivity contribution in [2.75, 3.05) is 0 Å². The summed E-state index contributed by atoms with van der Waals surface area (Å²) in [5.41, 5.74) is 3.25. The Morgan fingerprint density at radius 2 is 2.15 bits per heavy atom. The molecular formula is C11H11BrO. The van der Waals surface area contributed by atoms with E-state index in [0.29, 0.717) is 5.78 Å². The first-order valence-electron chi connectivity index (χ1n) is 4.43. The van der Waals surface area contributed by atoms with Crippen molar-refractivity contribution in [3.05, 3.63) is 33.3 Å². The van der Waals surface area contributed by atoms with Gasteiger partial charge in [-0.25, -0.2) is 0 Å². The van der Waals surface area contributed by atoms with E-state index < -0.39 is 0 Å². The number of benzene rings is 1. The molecule has 0 N–H and O–H groups in total. The molecule has 13 heavy (non-hydrogen) atoms. The molecule has 0 spiro atoms. The summed E-state index contributed by atoms with van der Waals surface area (Å²) in [7, 11) is 0. The van der Waals surface area contributed by atoms with E-state index in [2.05, 4.69) is 22.0 Å². The fourth-order valence-corrected chi connectivity index (χ4v) is 2.61. The molecule has 0 saturated heterocycles. The molecule has 0 aliphatic heterocycles. The number of carbonyl (C=O) groups is 1. The normalized spacial score (nSPS) is 20.5. The Kier molecular flexibility index (Phi) is 2.03. The van der Waals surface area contributed by atoms with Gasteiger partial charge in [0, 0.05) is 16.0 Å². The zero-order valence-corrected chi connectivity index (χ0v) is 9.31. The van der Waals surface area contributed by atoms with E-state index in [1.54, 1.807) is 0 Å². The molecule has 68 valence electrons. The fraction of sp³-hybridized carbons (Fsp3) is 0.364. The van der Waals surface area contributed by atoms with Crippen LogP contribution in [-0.4, -0.2) is 5.78 Å². The first-order chi connectivity index (χ1) is 6.09. The lowest BCUT2D eigenvalue weighted by atomic mass is 10.0. The summed E-state index contributed by atoms with van der Waals surface area (Å²) >= 11 is 3.44. The van der Waals surface area contributed by atoms with Gasteiger partial charge >= 0.3 is 0 Å².